The summed E-state index contributed by atoms with van der Waals surface area (Å²) in [5.74, 6) is 2.31. The molecule has 0 heterocycles. The average molecular weight is 504 g/mol. The fourth-order valence-corrected chi connectivity index (χ4v) is 3.64. The lowest BCUT2D eigenvalue weighted by Crippen LogP contribution is -2.39. The molecule has 0 saturated heterocycles. The minimum atomic E-state index is 0. The molecule has 0 aliphatic heterocycles. The lowest BCUT2D eigenvalue weighted by atomic mass is 9.94. The Hall–Kier alpha value is -1.22. The number of hydrogen-bond donors (Lipinski definition) is 2. The van der Waals surface area contributed by atoms with E-state index in [0.717, 1.165) is 48.6 Å². The quantitative estimate of drug-likeness (QED) is 0.233. The molecule has 1 aliphatic carbocycles. The summed E-state index contributed by atoms with van der Waals surface area (Å²) < 4.78 is 10.6. The van der Waals surface area contributed by atoms with Crippen LogP contribution in [0.15, 0.2) is 23.2 Å². The molecule has 0 amide bonds. The van der Waals surface area contributed by atoms with Crippen molar-refractivity contribution in [1.82, 2.24) is 15.5 Å². The van der Waals surface area contributed by atoms with Gasteiger partial charge >= 0.3 is 0 Å². The van der Waals surface area contributed by atoms with Crippen molar-refractivity contribution in [3.05, 3.63) is 23.8 Å². The molecule has 0 atom stereocenters. The summed E-state index contributed by atoms with van der Waals surface area (Å²) in [6.07, 6.45) is 8.02. The van der Waals surface area contributed by atoms with Gasteiger partial charge in [0, 0.05) is 26.2 Å². The third kappa shape index (κ3) is 8.03. The molecule has 1 saturated carbocycles. The van der Waals surface area contributed by atoms with Crippen LogP contribution in [-0.4, -0.2) is 58.3 Å². The highest BCUT2D eigenvalue weighted by atomic mass is 127. The van der Waals surface area contributed by atoms with Crippen LogP contribution < -0.4 is 20.1 Å². The van der Waals surface area contributed by atoms with Gasteiger partial charge in [0.05, 0.1) is 14.2 Å². The first kappa shape index (κ1) is 24.8. The first-order valence-corrected chi connectivity index (χ1v) is 10.0. The summed E-state index contributed by atoms with van der Waals surface area (Å²) in [6.45, 7) is 2.73. The molecule has 1 aromatic rings. The summed E-state index contributed by atoms with van der Waals surface area (Å²) in [5, 5.41) is 6.76. The van der Waals surface area contributed by atoms with E-state index in [9.17, 15) is 0 Å². The molecule has 28 heavy (non-hydrogen) atoms. The molecule has 0 unspecified atom stereocenters. The largest absolute Gasteiger partial charge is 0.493 e. The minimum absolute atomic E-state index is 0. The second-order valence-electron chi connectivity index (χ2n) is 7.17. The SMILES string of the molecule is CN=C(NCCCN(C)C1CCCCC1)NCc1ccc(OC)c(OC)c1.I. The van der Waals surface area contributed by atoms with Crippen LogP contribution in [0.5, 0.6) is 11.5 Å². The third-order valence-electron chi connectivity index (χ3n) is 5.31. The molecule has 2 N–H and O–H groups in total. The number of methoxy groups -OCH3 is 2. The van der Waals surface area contributed by atoms with Crippen LogP contribution in [-0.2, 0) is 6.54 Å². The summed E-state index contributed by atoms with van der Waals surface area (Å²) in [4.78, 5) is 6.84. The van der Waals surface area contributed by atoms with E-state index in [1.54, 1.807) is 21.3 Å². The zero-order valence-electron chi connectivity index (χ0n) is 17.8. The molecule has 160 valence electrons. The fourth-order valence-electron chi connectivity index (χ4n) is 3.64. The highest BCUT2D eigenvalue weighted by molar-refractivity contribution is 14.0. The lowest BCUT2D eigenvalue weighted by Gasteiger charge is -2.31. The fraction of sp³-hybridized carbons (Fsp3) is 0.667. The van der Waals surface area contributed by atoms with Crippen LogP contribution in [0.3, 0.4) is 0 Å². The number of aliphatic imine (C=N–C) groups is 1. The normalized spacial score (nSPS) is 15.1. The Morgan fingerprint density at radius 2 is 1.82 bits per heavy atom. The van der Waals surface area contributed by atoms with Crippen molar-refractivity contribution < 1.29 is 9.47 Å². The number of halogens is 1. The highest BCUT2D eigenvalue weighted by Crippen LogP contribution is 2.27. The molecular formula is C21H37IN4O2. The maximum atomic E-state index is 5.36. The molecule has 7 heteroatoms. The summed E-state index contributed by atoms with van der Waals surface area (Å²) >= 11 is 0. The molecule has 2 rings (SSSR count). The third-order valence-corrected chi connectivity index (χ3v) is 5.31. The van der Waals surface area contributed by atoms with Crippen molar-refractivity contribution in [3.8, 4) is 11.5 Å². The Morgan fingerprint density at radius 3 is 2.46 bits per heavy atom. The number of nitrogens with zero attached hydrogens (tertiary/aromatic N) is 2. The van der Waals surface area contributed by atoms with Crippen LogP contribution in [0.2, 0.25) is 0 Å². The van der Waals surface area contributed by atoms with Gasteiger partial charge in [-0.05, 0) is 50.6 Å². The number of nitrogens with one attached hydrogen (secondary N) is 2. The molecule has 1 aromatic carbocycles. The predicted molar refractivity (Wildman–Crippen MR) is 127 cm³/mol. The smallest absolute Gasteiger partial charge is 0.191 e. The van der Waals surface area contributed by atoms with Crippen LogP contribution in [0.4, 0.5) is 0 Å². The zero-order valence-corrected chi connectivity index (χ0v) is 20.1. The molecule has 1 aliphatic rings. The van der Waals surface area contributed by atoms with Gasteiger partial charge in [0.25, 0.3) is 0 Å². The molecule has 0 spiro atoms. The van der Waals surface area contributed by atoms with E-state index in [2.05, 4.69) is 27.6 Å². The van der Waals surface area contributed by atoms with E-state index in [0.29, 0.717) is 6.54 Å². The highest BCUT2D eigenvalue weighted by Gasteiger charge is 2.17. The van der Waals surface area contributed by atoms with E-state index >= 15 is 0 Å². The van der Waals surface area contributed by atoms with Gasteiger partial charge < -0.3 is 25.0 Å². The predicted octanol–water partition coefficient (Wildman–Crippen LogP) is 3.64. The molecular weight excluding hydrogens is 467 g/mol. The summed E-state index contributed by atoms with van der Waals surface area (Å²) in [5.41, 5.74) is 1.12. The summed E-state index contributed by atoms with van der Waals surface area (Å²) in [6, 6.07) is 6.72. The first-order valence-electron chi connectivity index (χ1n) is 10.0. The summed E-state index contributed by atoms with van der Waals surface area (Å²) in [7, 11) is 7.37. The molecule has 0 bridgehead atoms. The van der Waals surface area contributed by atoms with Gasteiger partial charge in [-0.1, -0.05) is 25.3 Å². The Bertz CT molecular complexity index is 592. The van der Waals surface area contributed by atoms with Gasteiger partial charge in [-0.3, -0.25) is 4.99 Å². The molecule has 0 aromatic heterocycles. The van der Waals surface area contributed by atoms with E-state index in [1.165, 1.54) is 32.1 Å². The van der Waals surface area contributed by atoms with Gasteiger partial charge in [0.15, 0.2) is 17.5 Å². The Labute approximate surface area is 187 Å². The molecule has 6 nitrogen and oxygen atoms in total. The average Bonchev–Trinajstić information content (AvgIpc) is 2.73. The second-order valence-corrected chi connectivity index (χ2v) is 7.17. The maximum absolute atomic E-state index is 5.36. The van der Waals surface area contributed by atoms with Crippen molar-refractivity contribution in [3.63, 3.8) is 0 Å². The number of guanidine groups is 1. The Balaban J connectivity index is 0.00000392. The number of ether oxygens (including phenoxy) is 2. The van der Waals surface area contributed by atoms with Crippen LogP contribution in [0.1, 0.15) is 44.1 Å². The van der Waals surface area contributed by atoms with E-state index in [4.69, 9.17) is 9.47 Å². The van der Waals surface area contributed by atoms with Crippen LogP contribution in [0.25, 0.3) is 0 Å². The number of benzene rings is 1. The van der Waals surface area contributed by atoms with Gasteiger partial charge in [-0.2, -0.15) is 0 Å². The van der Waals surface area contributed by atoms with Crippen molar-refractivity contribution in [2.45, 2.75) is 51.1 Å². The monoisotopic (exact) mass is 504 g/mol. The molecule has 0 radical (unpaired) electrons. The van der Waals surface area contributed by atoms with Gasteiger partial charge in [0.1, 0.15) is 0 Å². The van der Waals surface area contributed by atoms with Crippen molar-refractivity contribution in [2.75, 3.05) is 41.4 Å². The minimum Gasteiger partial charge on any atom is -0.493 e. The maximum Gasteiger partial charge on any atom is 0.191 e. The van der Waals surface area contributed by atoms with Crippen LogP contribution in [0, 0.1) is 0 Å². The van der Waals surface area contributed by atoms with Crippen molar-refractivity contribution in [1.29, 1.82) is 0 Å². The van der Waals surface area contributed by atoms with E-state index in [1.807, 2.05) is 18.2 Å². The van der Waals surface area contributed by atoms with E-state index in [-0.39, 0.29) is 24.0 Å². The Morgan fingerprint density at radius 1 is 1.11 bits per heavy atom. The van der Waals surface area contributed by atoms with Gasteiger partial charge in [-0.25, -0.2) is 0 Å². The zero-order chi connectivity index (χ0) is 19.5. The standard InChI is InChI=1S/C21H36N4O2.HI/c1-22-21(23-13-8-14-25(2)18-9-6-5-7-10-18)24-16-17-11-12-19(26-3)20(15-17)27-4;/h11-12,15,18H,5-10,13-14,16H2,1-4H3,(H2,22,23,24);1H. The number of rotatable bonds is 9. The van der Waals surface area contributed by atoms with Crippen molar-refractivity contribution >= 4 is 29.9 Å². The lowest BCUT2D eigenvalue weighted by molar-refractivity contribution is 0.190. The van der Waals surface area contributed by atoms with E-state index < -0.39 is 0 Å². The molecule has 1 fully saturated rings. The van der Waals surface area contributed by atoms with Gasteiger partial charge in [-0.15, -0.1) is 24.0 Å². The Kier molecular flexibility index (Phi) is 12.3. The number of hydrogen-bond acceptors (Lipinski definition) is 4. The van der Waals surface area contributed by atoms with Crippen molar-refractivity contribution in [2.24, 2.45) is 4.99 Å². The topological polar surface area (TPSA) is 58.1 Å². The second kappa shape index (κ2) is 13.9. The van der Waals surface area contributed by atoms with Gasteiger partial charge in [0.2, 0.25) is 0 Å². The van der Waals surface area contributed by atoms with Crippen LogP contribution >= 0.6 is 24.0 Å². The first-order chi connectivity index (χ1) is 13.2.